The lowest BCUT2D eigenvalue weighted by molar-refractivity contribution is -0.343. The average Bonchev–Trinajstić information content (AvgIpc) is 3.26. The number of esters is 2. The van der Waals surface area contributed by atoms with Gasteiger partial charge in [0, 0.05) is 25.9 Å². The molecule has 7 fully saturated rings. The Hall–Kier alpha value is -1.36. The Morgan fingerprint density at radius 1 is 1.10 bits per heavy atom. The molecule has 0 radical (unpaired) electrons. The van der Waals surface area contributed by atoms with Crippen LogP contribution in [0.1, 0.15) is 39.0 Å². The highest BCUT2D eigenvalue weighted by Crippen LogP contribution is 2.65. The molecule has 3 aliphatic heterocycles. The van der Waals surface area contributed by atoms with Gasteiger partial charge >= 0.3 is 17.9 Å². The summed E-state index contributed by atoms with van der Waals surface area (Å²) in [6.45, 7) is 0.561. The molecule has 4 bridgehead atoms. The molecule has 0 aromatic rings. The molecule has 7 unspecified atom stereocenters. The van der Waals surface area contributed by atoms with Crippen molar-refractivity contribution >= 4 is 11.9 Å². The number of rotatable bonds is 3. The predicted octanol–water partition coefficient (Wildman–Crippen LogP) is 1.54. The number of carbonyl (C=O) groups is 2. The van der Waals surface area contributed by atoms with Crippen molar-refractivity contribution in [2.75, 3.05) is 7.11 Å². The van der Waals surface area contributed by atoms with Crippen molar-refractivity contribution in [2.24, 2.45) is 17.8 Å². The van der Waals surface area contributed by atoms with E-state index >= 15 is 0 Å². The summed E-state index contributed by atoms with van der Waals surface area (Å²) in [6.07, 6.45) is -0.179. The van der Waals surface area contributed by atoms with E-state index in [0.29, 0.717) is 26.2 Å². The molecule has 8 nitrogen and oxygen atoms in total. The van der Waals surface area contributed by atoms with Crippen molar-refractivity contribution < 1.29 is 46.8 Å². The van der Waals surface area contributed by atoms with E-state index in [0.717, 1.165) is 12.8 Å². The molecule has 0 amide bonds. The second-order valence-corrected chi connectivity index (χ2v) is 9.75. The average molecular weight is 430 g/mol. The molecule has 7 atom stereocenters. The molecule has 3 heterocycles. The lowest BCUT2D eigenvalue weighted by Gasteiger charge is -2.62. The summed E-state index contributed by atoms with van der Waals surface area (Å²) >= 11 is 0. The van der Waals surface area contributed by atoms with Gasteiger partial charge in [-0.2, -0.15) is 8.78 Å². The Balaban J connectivity index is 1.24. The Morgan fingerprint density at radius 2 is 1.80 bits per heavy atom. The summed E-state index contributed by atoms with van der Waals surface area (Å²) in [4.78, 5) is 23.9. The molecule has 1 spiro atoms. The van der Waals surface area contributed by atoms with Crippen LogP contribution in [0.4, 0.5) is 8.78 Å². The van der Waals surface area contributed by atoms with Crippen molar-refractivity contribution in [3.8, 4) is 0 Å². The first kappa shape index (κ1) is 19.3. The highest BCUT2D eigenvalue weighted by atomic mass is 19.3. The molecular weight excluding hydrogens is 406 g/mol. The quantitative estimate of drug-likeness (QED) is 0.623. The summed E-state index contributed by atoms with van der Waals surface area (Å²) in [5.41, 5.74) is -0.896. The normalized spacial score (nSPS) is 53.1. The minimum absolute atomic E-state index is 0.106. The van der Waals surface area contributed by atoms with Gasteiger partial charge in [-0.1, -0.05) is 0 Å². The molecule has 7 rings (SSSR count). The van der Waals surface area contributed by atoms with Crippen molar-refractivity contribution in [3.05, 3.63) is 0 Å². The first-order chi connectivity index (χ1) is 14.1. The van der Waals surface area contributed by atoms with Crippen LogP contribution in [-0.4, -0.2) is 67.1 Å². The fraction of sp³-hybridized carbons (Fsp3) is 0.900. The third kappa shape index (κ3) is 2.44. The van der Waals surface area contributed by atoms with Gasteiger partial charge in [0.2, 0.25) is 0 Å². The van der Waals surface area contributed by atoms with E-state index in [1.54, 1.807) is 0 Å². The maximum absolute atomic E-state index is 13.5. The molecule has 4 saturated carbocycles. The number of fused-ring (bicyclic) bond motifs is 3. The van der Waals surface area contributed by atoms with Gasteiger partial charge in [-0.25, -0.2) is 9.59 Å². The molecular formula is C20H24F2O8. The fourth-order valence-corrected chi connectivity index (χ4v) is 6.89. The van der Waals surface area contributed by atoms with E-state index < -0.39 is 60.0 Å². The first-order valence-corrected chi connectivity index (χ1v) is 10.5. The van der Waals surface area contributed by atoms with Crippen molar-refractivity contribution in [2.45, 2.75) is 87.0 Å². The maximum atomic E-state index is 13.5. The second kappa shape index (κ2) is 5.90. The van der Waals surface area contributed by atoms with Gasteiger partial charge in [0.25, 0.3) is 0 Å². The van der Waals surface area contributed by atoms with E-state index in [2.05, 4.69) is 0 Å². The van der Waals surface area contributed by atoms with E-state index in [9.17, 15) is 18.4 Å². The molecule has 4 aliphatic carbocycles. The molecule has 30 heavy (non-hydrogen) atoms. The number of ether oxygens (including phenoxy) is 6. The van der Waals surface area contributed by atoms with E-state index in [4.69, 9.17) is 28.4 Å². The van der Waals surface area contributed by atoms with Crippen LogP contribution in [0.5, 0.6) is 0 Å². The monoisotopic (exact) mass is 430 g/mol. The number of hydrogen-bond acceptors (Lipinski definition) is 8. The number of carbonyl (C=O) groups excluding carboxylic acids is 2. The van der Waals surface area contributed by atoms with Gasteiger partial charge < -0.3 is 28.4 Å². The largest absolute Gasteiger partial charge is 0.455 e. The molecule has 0 N–H and O–H groups in total. The van der Waals surface area contributed by atoms with E-state index in [1.165, 1.54) is 7.11 Å². The summed E-state index contributed by atoms with van der Waals surface area (Å²) < 4.78 is 61.8. The van der Waals surface area contributed by atoms with Crippen LogP contribution < -0.4 is 0 Å². The lowest BCUT2D eigenvalue weighted by Crippen LogP contribution is -2.66. The number of hydrogen-bond donors (Lipinski definition) is 0. The topological polar surface area (TPSA) is 89.5 Å². The van der Waals surface area contributed by atoms with E-state index in [1.807, 2.05) is 0 Å². The summed E-state index contributed by atoms with van der Waals surface area (Å²) in [5.74, 6) is -6.35. The van der Waals surface area contributed by atoms with Crippen LogP contribution in [-0.2, 0) is 38.0 Å². The third-order valence-electron chi connectivity index (χ3n) is 7.80. The number of methoxy groups -OCH3 is 1. The third-order valence-corrected chi connectivity index (χ3v) is 7.80. The molecule has 3 saturated heterocycles. The minimum atomic E-state index is -3.52. The van der Waals surface area contributed by atoms with Gasteiger partial charge in [-0.05, 0) is 38.0 Å². The summed E-state index contributed by atoms with van der Waals surface area (Å²) in [5, 5.41) is 0. The van der Waals surface area contributed by atoms with Gasteiger partial charge in [-0.3, -0.25) is 0 Å². The minimum Gasteiger partial charge on any atom is -0.455 e. The molecule has 7 aliphatic rings. The van der Waals surface area contributed by atoms with Gasteiger partial charge in [-0.15, -0.1) is 0 Å². The van der Waals surface area contributed by atoms with Gasteiger partial charge in [0.05, 0.1) is 0 Å². The predicted molar refractivity (Wildman–Crippen MR) is 91.0 cm³/mol. The smallest absolute Gasteiger partial charge is 0.377 e. The standard InChI is InChI=1S/C20H24F2O8/c1-18(21,22)17(24)30-19-5-8-3-9(6-19)20(10(4-8)7-19)28-14-12-11(27-16(14)29-20)13(25-2)15(23)26-12/h8-14,16H,3-7H2,1-2H3. The maximum Gasteiger partial charge on any atom is 0.377 e. The van der Waals surface area contributed by atoms with Crippen LogP contribution >= 0.6 is 0 Å². The molecule has 10 heteroatoms. The van der Waals surface area contributed by atoms with Gasteiger partial charge in [0.1, 0.15) is 11.7 Å². The SMILES string of the molecule is COC1C(=O)OC2C3OC4(OC3OC12)C1CC2CC4CC(OC(=O)C(C)(F)F)(C2)C1. The zero-order chi connectivity index (χ0) is 21.1. The fourth-order valence-electron chi connectivity index (χ4n) is 6.89. The second-order valence-electron chi connectivity index (χ2n) is 9.75. The molecule has 166 valence electrons. The van der Waals surface area contributed by atoms with Crippen molar-refractivity contribution in [1.82, 2.24) is 0 Å². The highest BCUT2D eigenvalue weighted by Gasteiger charge is 2.73. The van der Waals surface area contributed by atoms with Crippen LogP contribution in [0.15, 0.2) is 0 Å². The van der Waals surface area contributed by atoms with Crippen LogP contribution in [0.2, 0.25) is 0 Å². The lowest BCUT2D eigenvalue weighted by atomic mass is 9.51. The zero-order valence-electron chi connectivity index (χ0n) is 16.7. The van der Waals surface area contributed by atoms with Crippen molar-refractivity contribution in [1.29, 1.82) is 0 Å². The van der Waals surface area contributed by atoms with Gasteiger partial charge in [0.15, 0.2) is 30.4 Å². The summed E-state index contributed by atoms with van der Waals surface area (Å²) in [7, 11) is 1.42. The Morgan fingerprint density at radius 3 is 2.43 bits per heavy atom. The number of halogens is 2. The van der Waals surface area contributed by atoms with Crippen molar-refractivity contribution in [3.63, 3.8) is 0 Å². The van der Waals surface area contributed by atoms with Crippen LogP contribution in [0.3, 0.4) is 0 Å². The molecule has 0 aromatic heterocycles. The summed E-state index contributed by atoms with van der Waals surface area (Å²) in [6, 6.07) is 0. The number of alkyl halides is 2. The van der Waals surface area contributed by atoms with E-state index in [-0.39, 0.29) is 17.8 Å². The Kier molecular flexibility index (Phi) is 3.81. The first-order valence-electron chi connectivity index (χ1n) is 10.5. The highest BCUT2D eigenvalue weighted by molar-refractivity contribution is 5.78. The molecule has 0 aromatic carbocycles. The Labute approximate surface area is 171 Å². The zero-order valence-corrected chi connectivity index (χ0v) is 16.7. The van der Waals surface area contributed by atoms with Crippen LogP contribution in [0, 0.1) is 17.8 Å². The Bertz CT molecular complexity index is 780. The van der Waals surface area contributed by atoms with Crippen LogP contribution in [0.25, 0.3) is 0 Å².